The molecule has 3 amide bonds. The second kappa shape index (κ2) is 9.63. The van der Waals surface area contributed by atoms with Gasteiger partial charge < -0.3 is 20.5 Å². The third-order valence-corrected chi connectivity index (χ3v) is 6.03. The highest BCUT2D eigenvalue weighted by molar-refractivity contribution is 6.28. The molecule has 2 fully saturated rings. The van der Waals surface area contributed by atoms with Crippen LogP contribution in [-0.2, 0) is 14.3 Å². The zero-order chi connectivity index (χ0) is 26.3. The number of ether oxygens (including phenoxy) is 2. The maximum absolute atomic E-state index is 14.2. The van der Waals surface area contributed by atoms with Crippen LogP contribution < -0.4 is 16.5 Å². The van der Waals surface area contributed by atoms with E-state index in [1.165, 1.54) is 0 Å². The van der Waals surface area contributed by atoms with Crippen molar-refractivity contribution in [1.82, 2.24) is 20.4 Å². The number of nitrogens with zero attached hydrogens (tertiary/aromatic N) is 3. The van der Waals surface area contributed by atoms with Gasteiger partial charge in [-0.05, 0) is 77.8 Å². The van der Waals surface area contributed by atoms with Crippen LogP contribution in [0.5, 0.6) is 0 Å². The second-order valence-electron chi connectivity index (χ2n) is 10.9. The number of amides is 3. The lowest BCUT2D eigenvalue weighted by atomic mass is 9.80. The van der Waals surface area contributed by atoms with Crippen molar-refractivity contribution in [1.29, 1.82) is 0 Å². The van der Waals surface area contributed by atoms with Gasteiger partial charge in [-0.3, -0.25) is 4.79 Å². The van der Waals surface area contributed by atoms with Crippen LogP contribution in [0.4, 0.5) is 19.8 Å². The molecule has 1 aromatic rings. The van der Waals surface area contributed by atoms with Crippen LogP contribution in [0.1, 0.15) is 54.4 Å². The first kappa shape index (κ1) is 26.7. The monoisotopic (exact) mass is 514 g/mol. The number of carbonyl (C=O) groups is 3. The number of rotatable bonds is 4. The molecule has 13 heteroatoms. The van der Waals surface area contributed by atoms with Crippen LogP contribution >= 0.6 is 11.6 Å². The summed E-state index contributed by atoms with van der Waals surface area (Å²) >= 11 is 5.80. The normalized spacial score (nSPS) is 25.7. The van der Waals surface area contributed by atoms with Gasteiger partial charge in [0.15, 0.2) is 11.6 Å². The largest absolute Gasteiger partial charge is 0.443 e. The quantitative estimate of drug-likeness (QED) is 0.409. The molecule has 2 aliphatic carbocycles. The average Bonchev–Trinajstić information content (AvgIpc) is 3.24. The molecule has 1 aromatic heterocycles. The topological polar surface area (TPSA) is 149 Å². The number of hydrazine groups is 1. The summed E-state index contributed by atoms with van der Waals surface area (Å²) in [6.45, 7) is 10.2. The van der Waals surface area contributed by atoms with E-state index in [0.29, 0.717) is 12.8 Å². The Bertz CT molecular complexity index is 998. The minimum Gasteiger partial charge on any atom is -0.443 e. The molecular formula is C22H32ClFN6O5. The Morgan fingerprint density at radius 1 is 1.14 bits per heavy atom. The molecule has 11 nitrogen and oxygen atoms in total. The third-order valence-electron chi connectivity index (χ3n) is 5.85. The Kier molecular flexibility index (Phi) is 7.35. The number of nitrogens with two attached hydrogens (primary N) is 1. The van der Waals surface area contributed by atoms with E-state index in [0.717, 1.165) is 11.2 Å². The molecular weight excluding hydrogens is 483 g/mol. The van der Waals surface area contributed by atoms with E-state index in [1.807, 2.05) is 0 Å². The van der Waals surface area contributed by atoms with Gasteiger partial charge in [-0.1, -0.05) is 0 Å². The van der Waals surface area contributed by atoms with E-state index in [2.05, 4.69) is 20.7 Å². The van der Waals surface area contributed by atoms with Gasteiger partial charge in [0.2, 0.25) is 11.2 Å². The highest BCUT2D eigenvalue weighted by Crippen LogP contribution is 2.51. The molecule has 2 saturated carbocycles. The number of aromatic nitrogens is 2. The average molecular weight is 515 g/mol. The summed E-state index contributed by atoms with van der Waals surface area (Å²) in [6.07, 6.45) is 0.200. The Morgan fingerprint density at radius 3 is 2.34 bits per heavy atom. The number of carbonyl (C=O) groups excluding carboxylic acids is 3. The molecule has 0 aromatic carbocycles. The van der Waals surface area contributed by atoms with Crippen LogP contribution in [-0.4, -0.2) is 56.4 Å². The van der Waals surface area contributed by atoms with Crippen molar-refractivity contribution >= 4 is 35.5 Å². The molecule has 35 heavy (non-hydrogen) atoms. The minimum atomic E-state index is -0.839. The van der Waals surface area contributed by atoms with Crippen LogP contribution in [0.3, 0.4) is 0 Å². The lowest BCUT2D eigenvalue weighted by molar-refractivity contribution is -0.124. The lowest BCUT2D eigenvalue weighted by Crippen LogP contribution is -2.59. The predicted octanol–water partition coefficient (Wildman–Crippen LogP) is 3.24. The van der Waals surface area contributed by atoms with Crippen molar-refractivity contribution in [3.8, 4) is 0 Å². The Labute approximate surface area is 208 Å². The van der Waals surface area contributed by atoms with Gasteiger partial charge in [-0.25, -0.2) is 29.4 Å². The highest BCUT2D eigenvalue weighted by Gasteiger charge is 2.58. The molecule has 194 valence electrons. The number of anilines is 1. The molecule has 2 unspecified atom stereocenters. The zero-order valence-electron chi connectivity index (χ0n) is 20.6. The fourth-order valence-electron chi connectivity index (χ4n) is 4.80. The molecule has 0 saturated heterocycles. The maximum atomic E-state index is 14.2. The highest BCUT2D eigenvalue weighted by atomic mass is 35.5. The van der Waals surface area contributed by atoms with Gasteiger partial charge >= 0.3 is 12.2 Å². The number of hydrogen-bond donors (Lipinski definition) is 3. The van der Waals surface area contributed by atoms with Crippen molar-refractivity contribution in [2.75, 3.05) is 5.32 Å². The van der Waals surface area contributed by atoms with E-state index in [4.69, 9.17) is 26.8 Å². The molecule has 2 aliphatic rings. The van der Waals surface area contributed by atoms with Crippen molar-refractivity contribution in [2.24, 2.45) is 23.5 Å². The molecule has 3 rings (SSSR count). The summed E-state index contributed by atoms with van der Waals surface area (Å²) in [5, 5.41) is 3.89. The Balaban J connectivity index is 1.86. The van der Waals surface area contributed by atoms with Crippen LogP contribution in [0, 0.1) is 23.6 Å². The standard InChI is InChI=1S/C22H32ClFN6O5/c1-21(2,3)34-19(32)29-30(20(33)35-22(4,5)6)13-8-10-7-11(13)14(16(25)31)15(10)27-17-12(24)9-26-18(23)28-17/h9-11,13-15H,7-8H2,1-6H3,(H2,25,31)(H,29,32)(H,26,27,28)/t10?,11?,13-,14-,15+/m0/s1. The van der Waals surface area contributed by atoms with E-state index in [1.54, 1.807) is 41.5 Å². The van der Waals surface area contributed by atoms with E-state index < -0.39 is 59.0 Å². The lowest BCUT2D eigenvalue weighted by Gasteiger charge is -2.40. The van der Waals surface area contributed by atoms with Gasteiger partial charge in [0.1, 0.15) is 11.2 Å². The van der Waals surface area contributed by atoms with Gasteiger partial charge in [0.25, 0.3) is 0 Å². The van der Waals surface area contributed by atoms with Gasteiger partial charge in [-0.15, -0.1) is 0 Å². The van der Waals surface area contributed by atoms with Crippen LogP contribution in [0.2, 0.25) is 5.28 Å². The van der Waals surface area contributed by atoms with Crippen molar-refractivity contribution in [2.45, 2.75) is 77.7 Å². The second-order valence-corrected chi connectivity index (χ2v) is 11.2. The molecule has 2 bridgehead atoms. The fraction of sp³-hybridized carbons (Fsp3) is 0.682. The number of fused-ring (bicyclic) bond motifs is 2. The van der Waals surface area contributed by atoms with Gasteiger partial charge in [0, 0.05) is 6.04 Å². The summed E-state index contributed by atoms with van der Waals surface area (Å²) in [7, 11) is 0. The number of primary amides is 1. The summed E-state index contributed by atoms with van der Waals surface area (Å²) in [5.74, 6) is -2.88. The summed E-state index contributed by atoms with van der Waals surface area (Å²) in [5.41, 5.74) is 6.60. The molecule has 0 spiro atoms. The zero-order valence-corrected chi connectivity index (χ0v) is 21.4. The minimum absolute atomic E-state index is 0.138. The first-order chi connectivity index (χ1) is 16.1. The first-order valence-corrected chi connectivity index (χ1v) is 11.7. The molecule has 1 heterocycles. The molecule has 5 atom stereocenters. The maximum Gasteiger partial charge on any atom is 0.429 e. The number of halogens is 2. The van der Waals surface area contributed by atoms with Crippen LogP contribution in [0.15, 0.2) is 6.20 Å². The molecule has 4 N–H and O–H groups in total. The van der Waals surface area contributed by atoms with E-state index in [-0.39, 0.29) is 17.0 Å². The number of nitrogens with one attached hydrogen (secondary N) is 2. The van der Waals surface area contributed by atoms with E-state index in [9.17, 15) is 18.8 Å². The smallest absolute Gasteiger partial charge is 0.429 e. The Hall–Kier alpha value is -2.89. The summed E-state index contributed by atoms with van der Waals surface area (Å²) < 4.78 is 25.1. The van der Waals surface area contributed by atoms with Gasteiger partial charge in [0.05, 0.1) is 18.2 Å². The van der Waals surface area contributed by atoms with Gasteiger partial charge in [-0.2, -0.15) is 4.98 Å². The van der Waals surface area contributed by atoms with Crippen molar-refractivity contribution in [3.05, 3.63) is 17.3 Å². The Morgan fingerprint density at radius 2 is 1.77 bits per heavy atom. The van der Waals surface area contributed by atoms with Crippen molar-refractivity contribution in [3.63, 3.8) is 0 Å². The SMILES string of the molecule is CC(C)(C)OC(=O)NN(C(=O)OC(C)(C)C)[C@H]1CC2CC1[C@H](C(N)=O)[C@@H]2Nc1nc(Cl)ncc1F. The first-order valence-electron chi connectivity index (χ1n) is 11.3. The summed E-state index contributed by atoms with van der Waals surface area (Å²) in [6, 6.07) is -1.15. The third kappa shape index (κ3) is 6.41. The number of hydrogen-bond acceptors (Lipinski definition) is 8. The summed E-state index contributed by atoms with van der Waals surface area (Å²) in [4.78, 5) is 45.6. The predicted molar refractivity (Wildman–Crippen MR) is 125 cm³/mol. The fourth-order valence-corrected chi connectivity index (χ4v) is 4.93. The van der Waals surface area contributed by atoms with Crippen LogP contribution in [0.25, 0.3) is 0 Å². The van der Waals surface area contributed by atoms with E-state index >= 15 is 0 Å². The molecule has 0 aliphatic heterocycles. The van der Waals surface area contributed by atoms with Crippen molar-refractivity contribution < 1.29 is 28.2 Å². The molecule has 0 radical (unpaired) electrons.